The van der Waals surface area contributed by atoms with Crippen LogP contribution in [0.15, 0.2) is 48.5 Å². The zero-order valence-corrected chi connectivity index (χ0v) is 24.3. The lowest BCUT2D eigenvalue weighted by atomic mass is 9.63. The molecule has 0 aliphatic heterocycles. The van der Waals surface area contributed by atoms with Crippen LogP contribution in [0.3, 0.4) is 0 Å². The molecule has 0 spiro atoms. The number of ether oxygens (including phenoxy) is 2. The van der Waals surface area contributed by atoms with Crippen LogP contribution in [0.1, 0.15) is 109 Å². The molecule has 212 valence electrons. The summed E-state index contributed by atoms with van der Waals surface area (Å²) in [7, 11) is 0. The maximum Gasteiger partial charge on any atom is 0.313 e. The number of hydrogen-bond acceptors (Lipinski definition) is 3. The fourth-order valence-electron chi connectivity index (χ4n) is 5.49. The van der Waals surface area contributed by atoms with E-state index in [1.165, 1.54) is 11.1 Å². The third-order valence-corrected chi connectivity index (χ3v) is 7.57. The molecule has 0 bridgehead atoms. The molecule has 0 aromatic heterocycles. The molecule has 4 atom stereocenters. The molecule has 0 saturated heterocycles. The van der Waals surface area contributed by atoms with Crippen LogP contribution in [0, 0.1) is 29.6 Å². The fourth-order valence-corrected chi connectivity index (χ4v) is 5.49. The Labute approximate surface area is 230 Å². The molecule has 1 aliphatic rings. The normalized spacial score (nSPS) is 23.9. The SMILES string of the molecule is C.C.CC.CC.CC(C)Oc1ccc(C2(c3ccc(OC(=O)C(C)C)cc3)C(C)C(C)C(C)C2C)cc1. The van der Waals surface area contributed by atoms with Crippen molar-refractivity contribution < 1.29 is 14.3 Å². The molecule has 3 heteroatoms. The van der Waals surface area contributed by atoms with Gasteiger partial charge in [-0.15, -0.1) is 0 Å². The van der Waals surface area contributed by atoms with Crippen molar-refractivity contribution in [1.29, 1.82) is 0 Å². The fraction of sp³-hybridized carbons (Fsp3) is 0.618. The summed E-state index contributed by atoms with van der Waals surface area (Å²) >= 11 is 0. The molecule has 1 saturated carbocycles. The van der Waals surface area contributed by atoms with Gasteiger partial charge in [0.25, 0.3) is 0 Å². The molecule has 0 amide bonds. The Balaban J connectivity index is 0. The molecule has 2 aromatic carbocycles. The van der Waals surface area contributed by atoms with Crippen LogP contribution in [0.5, 0.6) is 11.5 Å². The van der Waals surface area contributed by atoms with Gasteiger partial charge >= 0.3 is 5.97 Å². The topological polar surface area (TPSA) is 35.5 Å². The maximum absolute atomic E-state index is 12.0. The van der Waals surface area contributed by atoms with Gasteiger partial charge in [0.1, 0.15) is 11.5 Å². The summed E-state index contributed by atoms with van der Waals surface area (Å²) in [5.74, 6) is 3.31. The highest BCUT2D eigenvalue weighted by Gasteiger charge is 2.55. The van der Waals surface area contributed by atoms with Gasteiger partial charge in [0.05, 0.1) is 12.0 Å². The van der Waals surface area contributed by atoms with Crippen molar-refractivity contribution in [1.82, 2.24) is 0 Å². The average molecular weight is 515 g/mol. The number of carbonyl (C=O) groups is 1. The number of carbonyl (C=O) groups excluding carboxylic acids is 1. The Bertz CT molecular complexity index is 866. The summed E-state index contributed by atoms with van der Waals surface area (Å²) in [4.78, 5) is 12.0. The number of hydrogen-bond donors (Lipinski definition) is 0. The second-order valence-corrected chi connectivity index (χ2v) is 9.96. The lowest BCUT2D eigenvalue weighted by Crippen LogP contribution is -2.37. The van der Waals surface area contributed by atoms with Gasteiger partial charge in [-0.1, -0.05) is 108 Å². The quantitative estimate of drug-likeness (QED) is 0.284. The average Bonchev–Trinajstić information content (AvgIpc) is 3.03. The first kappa shape index (κ1) is 36.9. The Hall–Kier alpha value is -2.29. The van der Waals surface area contributed by atoms with E-state index in [0.717, 1.165) is 5.75 Å². The summed E-state index contributed by atoms with van der Waals surface area (Å²) in [5, 5.41) is 0. The van der Waals surface area contributed by atoms with Crippen LogP contribution < -0.4 is 9.47 Å². The zero-order chi connectivity index (χ0) is 26.9. The lowest BCUT2D eigenvalue weighted by Gasteiger charge is -2.40. The Morgan fingerprint density at radius 3 is 1.35 bits per heavy atom. The van der Waals surface area contributed by atoms with E-state index in [4.69, 9.17) is 9.47 Å². The van der Waals surface area contributed by atoms with Gasteiger partial charge in [0.15, 0.2) is 0 Å². The molecule has 0 radical (unpaired) electrons. The molecular weight excluding hydrogens is 456 g/mol. The molecular formula is C34H58O3. The zero-order valence-electron chi connectivity index (χ0n) is 24.3. The summed E-state index contributed by atoms with van der Waals surface area (Å²) in [6.07, 6.45) is 0.158. The van der Waals surface area contributed by atoms with E-state index in [9.17, 15) is 4.79 Å². The highest BCUT2D eigenvalue weighted by Crippen LogP contribution is 2.58. The largest absolute Gasteiger partial charge is 0.491 e. The van der Waals surface area contributed by atoms with Gasteiger partial charge in [-0.2, -0.15) is 0 Å². The summed E-state index contributed by atoms with van der Waals surface area (Å²) in [5.41, 5.74) is 2.51. The number of rotatable bonds is 6. The van der Waals surface area contributed by atoms with E-state index >= 15 is 0 Å². The van der Waals surface area contributed by atoms with Gasteiger partial charge in [-0.05, 0) is 72.9 Å². The van der Waals surface area contributed by atoms with Crippen molar-refractivity contribution in [3.8, 4) is 11.5 Å². The third-order valence-electron chi connectivity index (χ3n) is 7.57. The number of esters is 1. The van der Waals surface area contributed by atoms with Crippen molar-refractivity contribution >= 4 is 5.97 Å². The van der Waals surface area contributed by atoms with Crippen molar-refractivity contribution in [3.63, 3.8) is 0 Å². The van der Waals surface area contributed by atoms with Crippen molar-refractivity contribution in [2.45, 2.75) is 109 Å². The number of benzene rings is 2. The molecule has 0 N–H and O–H groups in total. The molecule has 3 nitrogen and oxygen atoms in total. The molecule has 1 fully saturated rings. The first-order chi connectivity index (χ1) is 16.6. The first-order valence-corrected chi connectivity index (χ1v) is 13.7. The second kappa shape index (κ2) is 16.5. The van der Waals surface area contributed by atoms with E-state index in [1.54, 1.807) is 0 Å². The third kappa shape index (κ3) is 7.85. The Morgan fingerprint density at radius 1 is 0.676 bits per heavy atom. The van der Waals surface area contributed by atoms with E-state index in [2.05, 4.69) is 64.1 Å². The summed E-state index contributed by atoms with van der Waals surface area (Å²) in [6, 6.07) is 16.9. The van der Waals surface area contributed by atoms with Crippen molar-refractivity contribution in [2.75, 3.05) is 0 Å². The van der Waals surface area contributed by atoms with E-state index < -0.39 is 0 Å². The summed E-state index contributed by atoms with van der Waals surface area (Å²) in [6.45, 7) is 25.3. The van der Waals surface area contributed by atoms with E-state index in [0.29, 0.717) is 29.4 Å². The van der Waals surface area contributed by atoms with Gasteiger partial charge in [-0.3, -0.25) is 4.79 Å². The highest BCUT2D eigenvalue weighted by molar-refractivity contribution is 5.74. The molecule has 4 unspecified atom stereocenters. The monoisotopic (exact) mass is 514 g/mol. The van der Waals surface area contributed by atoms with Gasteiger partial charge in [0, 0.05) is 5.41 Å². The van der Waals surface area contributed by atoms with Crippen LogP contribution in [-0.2, 0) is 10.2 Å². The first-order valence-electron chi connectivity index (χ1n) is 13.7. The molecule has 37 heavy (non-hydrogen) atoms. The van der Waals surface area contributed by atoms with Crippen LogP contribution in [0.4, 0.5) is 0 Å². The van der Waals surface area contributed by atoms with E-state index in [1.807, 2.05) is 67.5 Å². The van der Waals surface area contributed by atoms with Gasteiger partial charge in [0.2, 0.25) is 0 Å². The highest BCUT2D eigenvalue weighted by atomic mass is 16.5. The van der Waals surface area contributed by atoms with Crippen LogP contribution in [0.2, 0.25) is 0 Å². The Morgan fingerprint density at radius 2 is 1.03 bits per heavy atom. The smallest absolute Gasteiger partial charge is 0.313 e. The predicted octanol–water partition coefficient (Wildman–Crippen LogP) is 10.2. The predicted molar refractivity (Wildman–Crippen MR) is 163 cm³/mol. The summed E-state index contributed by atoms with van der Waals surface area (Å²) < 4.78 is 11.4. The van der Waals surface area contributed by atoms with Crippen LogP contribution in [-0.4, -0.2) is 12.1 Å². The van der Waals surface area contributed by atoms with Gasteiger partial charge in [-0.25, -0.2) is 0 Å². The molecule has 2 aromatic rings. The van der Waals surface area contributed by atoms with Crippen LogP contribution >= 0.6 is 0 Å². The minimum atomic E-state index is -0.201. The Kier molecular flexibility index (Phi) is 16.5. The lowest BCUT2D eigenvalue weighted by molar-refractivity contribution is -0.137. The standard InChI is InChI=1S/C28H38O3.2C2H6.2CH4/c1-17(2)27(29)31-26-15-11-24(12-16-26)28(21(7)19(5)20(6)22(28)8)23-9-13-25(14-10-23)30-18(3)4;2*1-2;;/h9-22H,1-8H3;2*1-2H3;2*1H4. The molecule has 0 heterocycles. The minimum Gasteiger partial charge on any atom is -0.491 e. The molecule has 3 rings (SSSR count). The minimum absolute atomic E-state index is 0. The molecule has 1 aliphatic carbocycles. The second-order valence-electron chi connectivity index (χ2n) is 9.96. The van der Waals surface area contributed by atoms with Gasteiger partial charge < -0.3 is 9.47 Å². The van der Waals surface area contributed by atoms with Crippen LogP contribution in [0.25, 0.3) is 0 Å². The van der Waals surface area contributed by atoms with E-state index in [-0.39, 0.29) is 38.3 Å². The van der Waals surface area contributed by atoms with Crippen molar-refractivity contribution in [3.05, 3.63) is 59.7 Å². The van der Waals surface area contributed by atoms with Crippen molar-refractivity contribution in [2.24, 2.45) is 29.6 Å². The maximum atomic E-state index is 12.0.